The molecule has 184 valence electrons. The number of halogens is 2. The number of nitrogens with one attached hydrogen (secondary N) is 3. The van der Waals surface area contributed by atoms with Crippen molar-refractivity contribution in [1.82, 2.24) is 20.5 Å². The quantitative estimate of drug-likeness (QED) is 0.606. The SMILES string of the molecule is Cc1cc2cccc(C(=O)N3[C@H]4CC[C@@H]([C@H]3C(=O)N[C@@H](C#N)C[C@H]3CCNC3=O)C(F)(F)C4)c2[nH]1. The van der Waals surface area contributed by atoms with E-state index in [1.807, 2.05) is 25.1 Å². The zero-order chi connectivity index (χ0) is 24.9. The van der Waals surface area contributed by atoms with Crippen molar-refractivity contribution in [3.63, 3.8) is 0 Å². The van der Waals surface area contributed by atoms with Crippen molar-refractivity contribution >= 4 is 28.6 Å². The predicted octanol–water partition coefficient (Wildman–Crippen LogP) is 2.64. The molecule has 4 aliphatic rings. The van der Waals surface area contributed by atoms with Crippen LogP contribution in [-0.4, -0.2) is 58.2 Å². The summed E-state index contributed by atoms with van der Waals surface area (Å²) in [5.41, 5.74) is 1.78. The van der Waals surface area contributed by atoms with Crippen LogP contribution in [0.15, 0.2) is 24.3 Å². The molecular weight excluding hydrogens is 456 g/mol. The molecule has 0 spiro atoms. The number of carbonyl (C=O) groups is 3. The minimum atomic E-state index is -3.09. The molecular formula is C25H27F2N5O3. The van der Waals surface area contributed by atoms with Crippen LogP contribution in [0.5, 0.6) is 0 Å². The van der Waals surface area contributed by atoms with Gasteiger partial charge in [-0.1, -0.05) is 12.1 Å². The molecule has 1 saturated carbocycles. The highest BCUT2D eigenvalue weighted by Crippen LogP contribution is 2.49. The summed E-state index contributed by atoms with van der Waals surface area (Å²) in [5.74, 6) is -6.29. The van der Waals surface area contributed by atoms with E-state index in [9.17, 15) is 28.4 Å². The fourth-order valence-electron chi connectivity index (χ4n) is 5.97. The van der Waals surface area contributed by atoms with Crippen LogP contribution in [-0.2, 0) is 9.59 Å². The van der Waals surface area contributed by atoms with Gasteiger partial charge in [0.2, 0.25) is 11.8 Å². The Morgan fingerprint density at radius 2 is 2.11 bits per heavy atom. The highest BCUT2D eigenvalue weighted by molar-refractivity contribution is 6.07. The van der Waals surface area contributed by atoms with E-state index in [0.29, 0.717) is 30.5 Å². The number of para-hydroxylation sites is 1. The van der Waals surface area contributed by atoms with Crippen LogP contribution in [0.3, 0.4) is 0 Å². The van der Waals surface area contributed by atoms with E-state index < -0.39 is 54.1 Å². The molecule has 3 N–H and O–H groups in total. The van der Waals surface area contributed by atoms with Crippen LogP contribution in [0, 0.1) is 30.1 Å². The molecule has 1 aromatic heterocycles. The van der Waals surface area contributed by atoms with Gasteiger partial charge >= 0.3 is 0 Å². The summed E-state index contributed by atoms with van der Waals surface area (Å²) in [6.45, 7) is 2.36. The van der Waals surface area contributed by atoms with Crippen molar-refractivity contribution in [2.45, 2.75) is 63.1 Å². The molecule has 6 rings (SSSR count). The second kappa shape index (κ2) is 8.63. The number of carbonyl (C=O) groups excluding carboxylic acids is 3. The van der Waals surface area contributed by atoms with Crippen molar-refractivity contribution in [2.75, 3.05) is 6.54 Å². The van der Waals surface area contributed by atoms with Gasteiger partial charge in [-0.25, -0.2) is 8.78 Å². The van der Waals surface area contributed by atoms with Crippen LogP contribution in [0.2, 0.25) is 0 Å². The van der Waals surface area contributed by atoms with E-state index in [-0.39, 0.29) is 18.7 Å². The first-order valence-electron chi connectivity index (χ1n) is 12.0. The van der Waals surface area contributed by atoms with Gasteiger partial charge in [-0.05, 0) is 44.7 Å². The zero-order valence-electron chi connectivity index (χ0n) is 19.3. The minimum absolute atomic E-state index is 0.0975. The molecule has 3 saturated heterocycles. The lowest BCUT2D eigenvalue weighted by molar-refractivity contribution is -0.179. The highest BCUT2D eigenvalue weighted by Gasteiger charge is 2.60. The summed E-state index contributed by atoms with van der Waals surface area (Å²) in [6, 6.07) is 5.88. The molecule has 4 heterocycles. The third kappa shape index (κ3) is 4.03. The Morgan fingerprint density at radius 1 is 1.31 bits per heavy atom. The monoisotopic (exact) mass is 483 g/mol. The first-order chi connectivity index (χ1) is 16.7. The Kier molecular flexibility index (Phi) is 5.74. The van der Waals surface area contributed by atoms with Gasteiger partial charge in [0.05, 0.1) is 23.1 Å². The maximum absolute atomic E-state index is 15.0. The van der Waals surface area contributed by atoms with Gasteiger partial charge in [0.15, 0.2) is 0 Å². The average Bonchev–Trinajstić information content (AvgIpc) is 3.40. The molecule has 5 atom stereocenters. The van der Waals surface area contributed by atoms with Gasteiger partial charge in [-0.2, -0.15) is 5.26 Å². The minimum Gasteiger partial charge on any atom is -0.358 e. The maximum Gasteiger partial charge on any atom is 0.256 e. The number of amides is 3. The van der Waals surface area contributed by atoms with Gasteiger partial charge in [0.25, 0.3) is 11.8 Å². The Morgan fingerprint density at radius 3 is 2.80 bits per heavy atom. The summed E-state index contributed by atoms with van der Waals surface area (Å²) in [7, 11) is 0. The van der Waals surface area contributed by atoms with E-state index in [4.69, 9.17) is 0 Å². The summed E-state index contributed by atoms with van der Waals surface area (Å²) >= 11 is 0. The summed E-state index contributed by atoms with van der Waals surface area (Å²) in [4.78, 5) is 43.6. The molecule has 0 radical (unpaired) electrons. The average molecular weight is 484 g/mol. The Balaban J connectivity index is 1.45. The molecule has 1 aliphatic carbocycles. The maximum atomic E-state index is 15.0. The topological polar surface area (TPSA) is 118 Å². The fraction of sp³-hybridized carbons (Fsp3) is 0.520. The second-order valence-corrected chi connectivity index (χ2v) is 9.88. The number of benzene rings is 1. The first-order valence-corrected chi connectivity index (χ1v) is 12.0. The third-order valence-corrected chi connectivity index (χ3v) is 7.62. The van der Waals surface area contributed by atoms with Gasteiger partial charge in [-0.3, -0.25) is 14.4 Å². The summed E-state index contributed by atoms with van der Waals surface area (Å²) in [5, 5.41) is 15.7. The van der Waals surface area contributed by atoms with Crippen LogP contribution in [0.1, 0.15) is 48.2 Å². The van der Waals surface area contributed by atoms with Crippen molar-refractivity contribution in [3.8, 4) is 6.07 Å². The van der Waals surface area contributed by atoms with Crippen LogP contribution in [0.4, 0.5) is 8.78 Å². The number of piperidine rings is 2. The van der Waals surface area contributed by atoms with Gasteiger partial charge in [-0.15, -0.1) is 0 Å². The normalized spacial score (nSPS) is 27.9. The zero-order valence-corrected chi connectivity index (χ0v) is 19.3. The molecule has 1 aromatic carbocycles. The lowest BCUT2D eigenvalue weighted by atomic mass is 9.71. The number of rotatable bonds is 5. The van der Waals surface area contributed by atoms with Crippen molar-refractivity contribution in [2.24, 2.45) is 11.8 Å². The number of fused-ring (bicyclic) bond motifs is 4. The molecule has 2 aromatic rings. The molecule has 8 nitrogen and oxygen atoms in total. The van der Waals surface area contributed by atoms with Crippen LogP contribution < -0.4 is 10.6 Å². The standard InChI is InChI=1S/C25H27F2N5O3/c1-13-9-14-3-2-4-18(20(14)30-13)24(35)32-17-5-6-19(25(26,27)11-17)21(32)23(34)31-16(12-28)10-15-7-8-29-22(15)33/h2-4,9,15-17,19,21,30H,5-8,10-11H2,1H3,(H,29,33)(H,31,34)/t15-,16-,17+,19+,21+/m1/s1. The largest absolute Gasteiger partial charge is 0.358 e. The number of nitrogens with zero attached hydrogens (tertiary/aromatic N) is 2. The smallest absolute Gasteiger partial charge is 0.256 e. The number of hydrogen-bond donors (Lipinski definition) is 3. The second-order valence-electron chi connectivity index (χ2n) is 9.88. The van der Waals surface area contributed by atoms with Crippen molar-refractivity contribution in [1.29, 1.82) is 5.26 Å². The number of alkyl halides is 2. The summed E-state index contributed by atoms with van der Waals surface area (Å²) < 4.78 is 29.9. The van der Waals surface area contributed by atoms with E-state index in [0.717, 1.165) is 11.1 Å². The van der Waals surface area contributed by atoms with Gasteiger partial charge < -0.3 is 20.5 Å². The molecule has 3 amide bonds. The van der Waals surface area contributed by atoms with Gasteiger partial charge in [0.1, 0.15) is 12.1 Å². The number of H-pyrrole nitrogens is 1. The molecule has 2 bridgehead atoms. The van der Waals surface area contributed by atoms with E-state index in [2.05, 4.69) is 15.6 Å². The van der Waals surface area contributed by atoms with Crippen molar-refractivity contribution in [3.05, 3.63) is 35.5 Å². The first kappa shape index (κ1) is 23.3. The lowest BCUT2D eigenvalue weighted by Gasteiger charge is -2.53. The number of aromatic nitrogens is 1. The van der Waals surface area contributed by atoms with E-state index >= 15 is 0 Å². The number of hydrogen-bond acceptors (Lipinski definition) is 4. The van der Waals surface area contributed by atoms with Gasteiger partial charge in [0, 0.05) is 36.0 Å². The number of aryl methyl sites for hydroxylation is 1. The molecule has 10 heteroatoms. The Hall–Kier alpha value is -3.48. The third-order valence-electron chi connectivity index (χ3n) is 7.62. The van der Waals surface area contributed by atoms with E-state index in [1.165, 1.54) is 4.90 Å². The lowest BCUT2D eigenvalue weighted by Crippen LogP contribution is -2.68. The number of aromatic amines is 1. The van der Waals surface area contributed by atoms with Crippen LogP contribution in [0.25, 0.3) is 10.9 Å². The fourth-order valence-corrected chi connectivity index (χ4v) is 5.97. The highest BCUT2D eigenvalue weighted by atomic mass is 19.3. The Bertz CT molecular complexity index is 1240. The Labute approximate surface area is 201 Å². The summed E-state index contributed by atoms with van der Waals surface area (Å²) in [6.07, 6.45) is 0.660. The molecule has 35 heavy (non-hydrogen) atoms. The van der Waals surface area contributed by atoms with Crippen molar-refractivity contribution < 1.29 is 23.2 Å². The molecule has 3 aliphatic heterocycles. The molecule has 4 fully saturated rings. The molecule has 0 unspecified atom stereocenters. The number of nitriles is 1. The van der Waals surface area contributed by atoms with E-state index in [1.54, 1.807) is 12.1 Å². The van der Waals surface area contributed by atoms with Crippen LogP contribution >= 0.6 is 0 Å². The predicted molar refractivity (Wildman–Crippen MR) is 122 cm³/mol.